The molecule has 0 spiro atoms. The van der Waals surface area contributed by atoms with E-state index in [2.05, 4.69) is 22.4 Å². The number of allylic oxidation sites excluding steroid dienone is 1. The summed E-state index contributed by atoms with van der Waals surface area (Å²) in [5, 5.41) is 2.95. The second kappa shape index (κ2) is 8.13. The standard InChI is InChI=1S/C19H22N2O/c1-15(11-12-17-8-4-3-5-9-17)14-19(22)21-16(2)18-10-6-7-13-20-18/h3-10,13-14,16H,11-12H2,1-2H3,(H,21,22)/b15-14+/t16-/m1/s1. The molecule has 0 bridgehead atoms. The summed E-state index contributed by atoms with van der Waals surface area (Å²) >= 11 is 0. The molecule has 0 unspecified atom stereocenters. The lowest BCUT2D eigenvalue weighted by atomic mass is 10.1. The van der Waals surface area contributed by atoms with Crippen molar-refractivity contribution in [2.24, 2.45) is 0 Å². The predicted molar refractivity (Wildman–Crippen MR) is 89.3 cm³/mol. The maximum atomic E-state index is 12.0. The minimum absolute atomic E-state index is 0.0660. The van der Waals surface area contributed by atoms with Crippen molar-refractivity contribution >= 4 is 5.91 Å². The zero-order valence-electron chi connectivity index (χ0n) is 13.1. The van der Waals surface area contributed by atoms with E-state index < -0.39 is 0 Å². The normalized spacial score (nSPS) is 12.7. The molecule has 0 saturated heterocycles. The van der Waals surface area contributed by atoms with E-state index in [-0.39, 0.29) is 11.9 Å². The molecule has 1 heterocycles. The van der Waals surface area contributed by atoms with Gasteiger partial charge < -0.3 is 5.32 Å². The monoisotopic (exact) mass is 294 g/mol. The largest absolute Gasteiger partial charge is 0.344 e. The number of aromatic nitrogens is 1. The van der Waals surface area contributed by atoms with Gasteiger partial charge in [0, 0.05) is 12.3 Å². The van der Waals surface area contributed by atoms with Crippen LogP contribution in [0.3, 0.4) is 0 Å². The van der Waals surface area contributed by atoms with Gasteiger partial charge in [0.25, 0.3) is 0 Å². The Bertz CT molecular complexity index is 620. The van der Waals surface area contributed by atoms with Crippen LogP contribution in [-0.4, -0.2) is 10.9 Å². The van der Waals surface area contributed by atoms with Crippen LogP contribution in [0.15, 0.2) is 66.4 Å². The second-order valence-corrected chi connectivity index (χ2v) is 5.46. The first kappa shape index (κ1) is 16.0. The Kier molecular flexibility index (Phi) is 5.90. The summed E-state index contributed by atoms with van der Waals surface area (Å²) in [6, 6.07) is 15.9. The van der Waals surface area contributed by atoms with Gasteiger partial charge in [0.15, 0.2) is 0 Å². The topological polar surface area (TPSA) is 42.0 Å². The molecular formula is C19H22N2O. The van der Waals surface area contributed by atoms with Gasteiger partial charge in [0.2, 0.25) is 5.91 Å². The number of nitrogens with zero attached hydrogens (tertiary/aromatic N) is 1. The summed E-state index contributed by atoms with van der Waals surface area (Å²) in [5.41, 5.74) is 3.23. The van der Waals surface area contributed by atoms with Gasteiger partial charge >= 0.3 is 0 Å². The minimum Gasteiger partial charge on any atom is -0.344 e. The molecule has 2 aromatic rings. The third kappa shape index (κ3) is 5.17. The maximum Gasteiger partial charge on any atom is 0.244 e. The molecule has 0 fully saturated rings. The molecule has 1 amide bonds. The Morgan fingerprint density at radius 2 is 1.91 bits per heavy atom. The summed E-state index contributed by atoms with van der Waals surface area (Å²) in [6.07, 6.45) is 5.25. The molecule has 1 N–H and O–H groups in total. The lowest BCUT2D eigenvalue weighted by Crippen LogP contribution is -2.25. The lowest BCUT2D eigenvalue weighted by Gasteiger charge is -2.12. The summed E-state index contributed by atoms with van der Waals surface area (Å²) in [6.45, 7) is 3.93. The fraction of sp³-hybridized carbons (Fsp3) is 0.263. The number of benzene rings is 1. The molecule has 0 aliphatic carbocycles. The van der Waals surface area contributed by atoms with Gasteiger partial charge in [-0.25, -0.2) is 0 Å². The number of rotatable bonds is 6. The predicted octanol–water partition coefficient (Wildman–Crippen LogP) is 3.84. The molecule has 0 saturated carbocycles. The van der Waals surface area contributed by atoms with Gasteiger partial charge in [0.1, 0.15) is 0 Å². The van der Waals surface area contributed by atoms with Crippen LogP contribution in [-0.2, 0) is 11.2 Å². The molecular weight excluding hydrogens is 272 g/mol. The molecule has 3 nitrogen and oxygen atoms in total. The molecule has 22 heavy (non-hydrogen) atoms. The molecule has 2 rings (SSSR count). The Hall–Kier alpha value is -2.42. The summed E-state index contributed by atoms with van der Waals surface area (Å²) in [4.78, 5) is 16.3. The van der Waals surface area contributed by atoms with E-state index in [1.54, 1.807) is 12.3 Å². The first-order valence-corrected chi connectivity index (χ1v) is 7.57. The van der Waals surface area contributed by atoms with E-state index in [9.17, 15) is 4.79 Å². The van der Waals surface area contributed by atoms with Gasteiger partial charge in [-0.05, 0) is 44.4 Å². The zero-order valence-corrected chi connectivity index (χ0v) is 13.1. The molecule has 1 atom stereocenters. The fourth-order valence-corrected chi connectivity index (χ4v) is 2.24. The highest BCUT2D eigenvalue weighted by Gasteiger charge is 2.08. The lowest BCUT2D eigenvalue weighted by molar-refractivity contribution is -0.117. The molecule has 1 aromatic carbocycles. The number of nitrogens with one attached hydrogen (secondary N) is 1. The Balaban J connectivity index is 1.84. The van der Waals surface area contributed by atoms with E-state index in [4.69, 9.17) is 0 Å². The number of amides is 1. The highest BCUT2D eigenvalue weighted by atomic mass is 16.1. The van der Waals surface area contributed by atoms with E-state index >= 15 is 0 Å². The third-order valence-corrected chi connectivity index (χ3v) is 3.52. The summed E-state index contributed by atoms with van der Waals surface area (Å²) < 4.78 is 0. The van der Waals surface area contributed by atoms with Crippen molar-refractivity contribution in [2.75, 3.05) is 0 Å². The van der Waals surface area contributed by atoms with Crippen molar-refractivity contribution < 1.29 is 4.79 Å². The molecule has 0 radical (unpaired) electrons. The van der Waals surface area contributed by atoms with Gasteiger partial charge in [-0.15, -0.1) is 0 Å². The molecule has 0 aliphatic heterocycles. The van der Waals surface area contributed by atoms with Gasteiger partial charge in [-0.3, -0.25) is 9.78 Å². The third-order valence-electron chi connectivity index (χ3n) is 3.52. The van der Waals surface area contributed by atoms with Crippen LogP contribution >= 0.6 is 0 Å². The fourth-order valence-electron chi connectivity index (χ4n) is 2.24. The Labute approximate surface area is 132 Å². The molecule has 1 aromatic heterocycles. The van der Waals surface area contributed by atoms with Gasteiger partial charge in [-0.2, -0.15) is 0 Å². The van der Waals surface area contributed by atoms with Gasteiger partial charge in [-0.1, -0.05) is 42.0 Å². The maximum absolute atomic E-state index is 12.0. The number of carbonyl (C=O) groups is 1. The molecule has 114 valence electrons. The van der Waals surface area contributed by atoms with E-state index in [0.717, 1.165) is 24.1 Å². The first-order chi connectivity index (χ1) is 10.6. The molecule has 0 aliphatic rings. The van der Waals surface area contributed by atoms with Crippen molar-refractivity contribution in [1.29, 1.82) is 0 Å². The number of hydrogen-bond donors (Lipinski definition) is 1. The highest BCUT2D eigenvalue weighted by Crippen LogP contribution is 2.10. The van der Waals surface area contributed by atoms with E-state index in [0.29, 0.717) is 0 Å². The van der Waals surface area contributed by atoms with Crippen LogP contribution in [0.2, 0.25) is 0 Å². The van der Waals surface area contributed by atoms with Crippen LogP contribution in [0.1, 0.15) is 37.6 Å². The minimum atomic E-state index is -0.0909. The Morgan fingerprint density at radius 3 is 2.59 bits per heavy atom. The average Bonchev–Trinajstić information content (AvgIpc) is 2.54. The molecule has 3 heteroatoms. The number of pyridine rings is 1. The first-order valence-electron chi connectivity index (χ1n) is 7.57. The van der Waals surface area contributed by atoms with E-state index in [1.807, 2.05) is 50.2 Å². The van der Waals surface area contributed by atoms with Crippen molar-refractivity contribution in [1.82, 2.24) is 10.3 Å². The van der Waals surface area contributed by atoms with Gasteiger partial charge in [0.05, 0.1) is 11.7 Å². The SMILES string of the molecule is C/C(=C\C(=O)N[C@H](C)c1ccccn1)CCc1ccccc1. The van der Waals surface area contributed by atoms with Crippen LogP contribution in [0, 0.1) is 0 Å². The zero-order chi connectivity index (χ0) is 15.8. The van der Waals surface area contributed by atoms with Crippen molar-refractivity contribution in [3.8, 4) is 0 Å². The average molecular weight is 294 g/mol. The van der Waals surface area contributed by atoms with Crippen molar-refractivity contribution in [3.05, 3.63) is 77.6 Å². The van der Waals surface area contributed by atoms with Crippen LogP contribution in [0.25, 0.3) is 0 Å². The summed E-state index contributed by atoms with van der Waals surface area (Å²) in [5.74, 6) is -0.0660. The van der Waals surface area contributed by atoms with Crippen molar-refractivity contribution in [2.45, 2.75) is 32.7 Å². The van der Waals surface area contributed by atoms with E-state index in [1.165, 1.54) is 5.56 Å². The quantitative estimate of drug-likeness (QED) is 0.823. The number of hydrogen-bond acceptors (Lipinski definition) is 2. The Morgan fingerprint density at radius 1 is 1.18 bits per heavy atom. The smallest absolute Gasteiger partial charge is 0.244 e. The highest BCUT2D eigenvalue weighted by molar-refractivity contribution is 5.88. The van der Waals surface area contributed by atoms with Crippen LogP contribution in [0.5, 0.6) is 0 Å². The summed E-state index contributed by atoms with van der Waals surface area (Å²) in [7, 11) is 0. The number of aryl methyl sites for hydroxylation is 1. The second-order valence-electron chi connectivity index (χ2n) is 5.46. The van der Waals surface area contributed by atoms with Crippen molar-refractivity contribution in [3.63, 3.8) is 0 Å². The van der Waals surface area contributed by atoms with Crippen LogP contribution < -0.4 is 5.32 Å². The van der Waals surface area contributed by atoms with Crippen LogP contribution in [0.4, 0.5) is 0 Å². The number of carbonyl (C=O) groups excluding carboxylic acids is 1.